The number of hydrogen-bond acceptors (Lipinski definition) is 2. The Morgan fingerprint density at radius 3 is 2.04 bits per heavy atom. The molecule has 0 spiro atoms. The van der Waals surface area contributed by atoms with Crippen molar-refractivity contribution in [3.05, 3.63) is 81.1 Å². The van der Waals surface area contributed by atoms with Crippen molar-refractivity contribution in [1.29, 1.82) is 5.26 Å². The number of halogens is 5. The number of pyridine rings is 1. The SMILES string of the molecule is CC(C)(c1ccc(C(F)(F)F)cc1)n1cc(C#N)c(=O)c2cc(F)c(F)cc21. The van der Waals surface area contributed by atoms with Crippen LogP contribution < -0.4 is 5.43 Å². The zero-order valence-corrected chi connectivity index (χ0v) is 14.7. The van der Waals surface area contributed by atoms with Gasteiger partial charge in [0.25, 0.3) is 0 Å². The molecule has 0 bridgehead atoms. The van der Waals surface area contributed by atoms with Gasteiger partial charge in [0.15, 0.2) is 11.6 Å². The molecule has 0 saturated carbocycles. The number of benzene rings is 2. The van der Waals surface area contributed by atoms with E-state index in [-0.39, 0.29) is 16.5 Å². The highest BCUT2D eigenvalue weighted by atomic mass is 19.4. The van der Waals surface area contributed by atoms with Crippen LogP contribution in [0.15, 0.2) is 47.4 Å². The maximum Gasteiger partial charge on any atom is 0.416 e. The Balaban J connectivity index is 2.30. The van der Waals surface area contributed by atoms with Gasteiger partial charge in [-0.1, -0.05) is 12.1 Å². The van der Waals surface area contributed by atoms with Crippen molar-refractivity contribution >= 4 is 10.9 Å². The second-order valence-corrected chi connectivity index (χ2v) is 6.77. The number of aromatic nitrogens is 1. The molecule has 0 atom stereocenters. The Kier molecular flexibility index (Phi) is 4.50. The van der Waals surface area contributed by atoms with E-state index in [0.717, 1.165) is 18.2 Å². The zero-order valence-electron chi connectivity index (χ0n) is 14.7. The quantitative estimate of drug-likeness (QED) is 0.579. The van der Waals surface area contributed by atoms with Crippen molar-refractivity contribution in [3.8, 4) is 6.07 Å². The summed E-state index contributed by atoms with van der Waals surface area (Å²) < 4.78 is 67.3. The van der Waals surface area contributed by atoms with Crippen LogP contribution in [0.3, 0.4) is 0 Å². The second kappa shape index (κ2) is 6.44. The van der Waals surface area contributed by atoms with Crippen LogP contribution in [0.4, 0.5) is 22.0 Å². The lowest BCUT2D eigenvalue weighted by atomic mass is 9.91. The molecule has 0 fully saturated rings. The molecule has 0 N–H and O–H groups in total. The standard InChI is InChI=1S/C20H13F5N2O/c1-19(2,12-3-5-13(6-4-12)20(23,24)25)27-10-11(9-26)18(28)14-7-15(21)16(22)8-17(14)27/h3-8,10H,1-2H3. The molecule has 144 valence electrons. The van der Waals surface area contributed by atoms with Crippen LogP contribution in [-0.2, 0) is 11.7 Å². The average Bonchev–Trinajstić information content (AvgIpc) is 2.63. The van der Waals surface area contributed by atoms with Gasteiger partial charge in [-0.15, -0.1) is 0 Å². The second-order valence-electron chi connectivity index (χ2n) is 6.77. The van der Waals surface area contributed by atoms with Crippen LogP contribution in [-0.4, -0.2) is 4.57 Å². The molecule has 8 heteroatoms. The first-order valence-electron chi connectivity index (χ1n) is 8.09. The maximum atomic E-state index is 13.8. The Morgan fingerprint density at radius 1 is 0.964 bits per heavy atom. The van der Waals surface area contributed by atoms with E-state index in [1.165, 1.54) is 22.9 Å². The minimum absolute atomic E-state index is 0.0211. The van der Waals surface area contributed by atoms with Crippen LogP contribution in [0.1, 0.15) is 30.5 Å². The fourth-order valence-corrected chi connectivity index (χ4v) is 3.07. The van der Waals surface area contributed by atoms with Crippen molar-refractivity contribution in [1.82, 2.24) is 4.57 Å². The smallest absolute Gasteiger partial charge is 0.336 e. The minimum atomic E-state index is -4.50. The van der Waals surface area contributed by atoms with Gasteiger partial charge in [0.2, 0.25) is 5.43 Å². The molecule has 28 heavy (non-hydrogen) atoms. The van der Waals surface area contributed by atoms with Gasteiger partial charge < -0.3 is 4.57 Å². The molecule has 3 rings (SSSR count). The first-order chi connectivity index (χ1) is 13.0. The fourth-order valence-electron chi connectivity index (χ4n) is 3.07. The molecule has 3 aromatic rings. The first-order valence-corrected chi connectivity index (χ1v) is 8.09. The van der Waals surface area contributed by atoms with Gasteiger partial charge in [0, 0.05) is 12.3 Å². The highest BCUT2D eigenvalue weighted by Gasteiger charge is 2.32. The van der Waals surface area contributed by atoms with E-state index >= 15 is 0 Å². The highest BCUT2D eigenvalue weighted by molar-refractivity contribution is 5.81. The third-order valence-electron chi connectivity index (χ3n) is 4.69. The lowest BCUT2D eigenvalue weighted by Gasteiger charge is -2.31. The summed E-state index contributed by atoms with van der Waals surface area (Å²) in [7, 11) is 0. The number of hydrogen-bond donors (Lipinski definition) is 0. The molecule has 0 aliphatic heterocycles. The summed E-state index contributed by atoms with van der Waals surface area (Å²) in [5, 5.41) is 9.04. The van der Waals surface area contributed by atoms with E-state index in [2.05, 4.69) is 0 Å². The topological polar surface area (TPSA) is 45.8 Å². The van der Waals surface area contributed by atoms with Crippen LogP contribution in [0.25, 0.3) is 10.9 Å². The van der Waals surface area contributed by atoms with E-state index in [1.807, 2.05) is 0 Å². The predicted molar refractivity (Wildman–Crippen MR) is 92.7 cm³/mol. The summed E-state index contributed by atoms with van der Waals surface area (Å²) in [6.45, 7) is 3.25. The summed E-state index contributed by atoms with van der Waals surface area (Å²) in [6, 6.07) is 7.61. The number of fused-ring (bicyclic) bond motifs is 1. The van der Waals surface area contributed by atoms with Gasteiger partial charge >= 0.3 is 6.18 Å². The largest absolute Gasteiger partial charge is 0.416 e. The summed E-state index contributed by atoms with van der Waals surface area (Å²) in [5.41, 5.74) is -2.52. The first kappa shape index (κ1) is 19.5. The molecule has 2 aromatic carbocycles. The Bertz CT molecular complexity index is 1170. The third kappa shape index (κ3) is 3.13. The van der Waals surface area contributed by atoms with E-state index in [4.69, 9.17) is 0 Å². The number of nitrogens with zero attached hydrogens (tertiary/aromatic N) is 2. The van der Waals surface area contributed by atoms with Gasteiger partial charge in [-0.3, -0.25) is 4.79 Å². The average molecular weight is 392 g/mol. The number of nitriles is 1. The van der Waals surface area contributed by atoms with Crippen LogP contribution in [0.5, 0.6) is 0 Å². The van der Waals surface area contributed by atoms with Gasteiger partial charge in [-0.05, 0) is 37.6 Å². The molecule has 1 aromatic heterocycles. The van der Waals surface area contributed by atoms with Gasteiger partial charge in [-0.25, -0.2) is 8.78 Å². The van der Waals surface area contributed by atoms with E-state index in [0.29, 0.717) is 11.6 Å². The summed E-state index contributed by atoms with van der Waals surface area (Å²) >= 11 is 0. The molecule has 1 heterocycles. The molecule has 0 aliphatic carbocycles. The molecule has 3 nitrogen and oxygen atoms in total. The monoisotopic (exact) mass is 392 g/mol. The van der Waals surface area contributed by atoms with Gasteiger partial charge in [0.1, 0.15) is 11.6 Å². The van der Waals surface area contributed by atoms with E-state index in [1.54, 1.807) is 19.9 Å². The molecular weight excluding hydrogens is 379 g/mol. The molecule has 0 saturated heterocycles. The third-order valence-corrected chi connectivity index (χ3v) is 4.69. The van der Waals surface area contributed by atoms with Crippen LogP contribution >= 0.6 is 0 Å². The van der Waals surface area contributed by atoms with Crippen molar-refractivity contribution in [2.75, 3.05) is 0 Å². The fraction of sp³-hybridized carbons (Fsp3) is 0.200. The van der Waals surface area contributed by atoms with E-state index in [9.17, 15) is 32.0 Å². The van der Waals surface area contributed by atoms with Gasteiger partial charge in [0.05, 0.1) is 22.0 Å². The summed E-state index contributed by atoms with van der Waals surface area (Å²) in [4.78, 5) is 12.3. The predicted octanol–water partition coefficient (Wildman–Crippen LogP) is 4.95. The summed E-state index contributed by atoms with van der Waals surface area (Å²) in [6.07, 6.45) is -3.30. The van der Waals surface area contributed by atoms with E-state index < -0.39 is 34.3 Å². The van der Waals surface area contributed by atoms with Crippen molar-refractivity contribution in [2.24, 2.45) is 0 Å². The lowest BCUT2D eigenvalue weighted by molar-refractivity contribution is -0.137. The minimum Gasteiger partial charge on any atom is -0.336 e. The van der Waals surface area contributed by atoms with Crippen molar-refractivity contribution < 1.29 is 22.0 Å². The Labute approximate surface area is 156 Å². The lowest BCUT2D eigenvalue weighted by Crippen LogP contribution is -2.30. The normalized spacial score (nSPS) is 12.2. The number of alkyl halides is 3. The maximum absolute atomic E-state index is 13.8. The molecule has 0 amide bonds. The Hall–Kier alpha value is -3.21. The molecule has 0 unspecified atom stereocenters. The van der Waals surface area contributed by atoms with Crippen molar-refractivity contribution in [2.45, 2.75) is 25.6 Å². The van der Waals surface area contributed by atoms with Gasteiger partial charge in [-0.2, -0.15) is 18.4 Å². The highest BCUT2D eigenvalue weighted by Crippen LogP contribution is 2.33. The van der Waals surface area contributed by atoms with Crippen molar-refractivity contribution in [3.63, 3.8) is 0 Å². The van der Waals surface area contributed by atoms with Crippen LogP contribution in [0.2, 0.25) is 0 Å². The molecule has 0 radical (unpaired) electrons. The van der Waals surface area contributed by atoms with Crippen LogP contribution in [0, 0.1) is 23.0 Å². The summed E-state index contributed by atoms with van der Waals surface area (Å²) in [5.74, 6) is -2.42. The molecular formula is C20H13F5N2O. The number of rotatable bonds is 2. The Morgan fingerprint density at radius 2 is 1.50 bits per heavy atom. The zero-order chi connectivity index (χ0) is 20.9. The molecule has 0 aliphatic rings.